The number of hydrogen-bond donors (Lipinski definition) is 1. The molecule has 6 nitrogen and oxygen atoms in total. The first-order chi connectivity index (χ1) is 11.0. The molecule has 2 bridgehead atoms. The minimum absolute atomic E-state index is 0.0361. The minimum Gasteiger partial charge on any atom is -0.481 e. The summed E-state index contributed by atoms with van der Waals surface area (Å²) in [7, 11) is 1.70. The van der Waals surface area contributed by atoms with Crippen LogP contribution in [-0.4, -0.2) is 43.8 Å². The minimum atomic E-state index is -0.156. The molecule has 1 aromatic carbocycles. The maximum Gasteiger partial charge on any atom is 0.264 e. The van der Waals surface area contributed by atoms with Crippen molar-refractivity contribution in [2.24, 2.45) is 10.9 Å². The Kier molecular flexibility index (Phi) is 3.14. The average Bonchev–Trinajstić information content (AvgIpc) is 2.56. The average molecular weight is 313 g/mol. The summed E-state index contributed by atoms with van der Waals surface area (Å²) in [5.74, 6) is 0.730. The van der Waals surface area contributed by atoms with Gasteiger partial charge in [0.25, 0.3) is 11.8 Å². The zero-order chi connectivity index (χ0) is 16.1. The molecule has 23 heavy (non-hydrogen) atoms. The van der Waals surface area contributed by atoms with E-state index in [0.717, 1.165) is 30.7 Å². The summed E-state index contributed by atoms with van der Waals surface area (Å²) >= 11 is 0. The zero-order valence-corrected chi connectivity index (χ0v) is 13.3. The van der Waals surface area contributed by atoms with Gasteiger partial charge in [-0.25, -0.2) is 0 Å². The molecule has 1 N–H and O–H groups in total. The number of amides is 2. The first kappa shape index (κ1) is 14.2. The Hall–Kier alpha value is -2.37. The van der Waals surface area contributed by atoms with Gasteiger partial charge in [0.1, 0.15) is 0 Å². The van der Waals surface area contributed by atoms with E-state index in [9.17, 15) is 9.59 Å². The molecule has 1 aromatic rings. The fourth-order valence-electron chi connectivity index (χ4n) is 3.54. The molecule has 2 heterocycles. The van der Waals surface area contributed by atoms with Gasteiger partial charge in [-0.3, -0.25) is 14.6 Å². The summed E-state index contributed by atoms with van der Waals surface area (Å²) in [5, 5.41) is 3.08. The third-order valence-corrected chi connectivity index (χ3v) is 4.94. The van der Waals surface area contributed by atoms with E-state index in [0.29, 0.717) is 22.9 Å². The molecule has 2 atom stereocenters. The van der Waals surface area contributed by atoms with E-state index in [1.54, 1.807) is 11.9 Å². The SMILES string of the molecule is Cc1cc(C(=O)N[C@@H]2C3=NCCC2C3)c2c(c1)N(C)C(=O)CO2. The van der Waals surface area contributed by atoms with Crippen LogP contribution >= 0.6 is 0 Å². The number of aryl methyl sites for hydroxylation is 1. The largest absolute Gasteiger partial charge is 0.481 e. The van der Waals surface area contributed by atoms with Gasteiger partial charge in [0.15, 0.2) is 12.4 Å². The molecule has 2 aliphatic heterocycles. The van der Waals surface area contributed by atoms with Gasteiger partial charge in [0, 0.05) is 19.3 Å². The number of hydrogen-bond acceptors (Lipinski definition) is 4. The first-order valence-electron chi connectivity index (χ1n) is 7.92. The number of nitrogens with zero attached hydrogens (tertiary/aromatic N) is 2. The van der Waals surface area contributed by atoms with Crippen molar-refractivity contribution < 1.29 is 14.3 Å². The smallest absolute Gasteiger partial charge is 0.264 e. The predicted octanol–water partition coefficient (Wildman–Crippen LogP) is 1.31. The monoisotopic (exact) mass is 313 g/mol. The maximum absolute atomic E-state index is 12.7. The second-order valence-corrected chi connectivity index (χ2v) is 6.48. The summed E-state index contributed by atoms with van der Waals surface area (Å²) in [5.41, 5.74) is 3.16. The number of aliphatic imine (C=N–C) groups is 1. The number of anilines is 1. The summed E-state index contributed by atoms with van der Waals surface area (Å²) in [6, 6.07) is 3.75. The van der Waals surface area contributed by atoms with Gasteiger partial charge in [-0.15, -0.1) is 0 Å². The number of carbonyl (C=O) groups excluding carboxylic acids is 2. The number of rotatable bonds is 2. The predicted molar refractivity (Wildman–Crippen MR) is 86.4 cm³/mol. The van der Waals surface area contributed by atoms with Gasteiger partial charge < -0.3 is 15.0 Å². The van der Waals surface area contributed by atoms with Gasteiger partial charge in [-0.2, -0.15) is 0 Å². The van der Waals surface area contributed by atoms with E-state index in [4.69, 9.17) is 4.74 Å². The lowest BCUT2D eigenvalue weighted by Gasteiger charge is -2.42. The number of fused-ring (bicyclic) bond motifs is 3. The number of nitrogens with one attached hydrogen (secondary N) is 1. The molecule has 1 saturated carbocycles. The third-order valence-electron chi connectivity index (χ3n) is 4.94. The van der Waals surface area contributed by atoms with Crippen LogP contribution in [-0.2, 0) is 4.79 Å². The zero-order valence-electron chi connectivity index (χ0n) is 13.3. The lowest BCUT2D eigenvalue weighted by molar-refractivity contribution is -0.121. The Morgan fingerprint density at radius 3 is 2.96 bits per heavy atom. The Labute approximate surface area is 134 Å². The quantitative estimate of drug-likeness (QED) is 0.895. The molecule has 3 aliphatic rings. The summed E-state index contributed by atoms with van der Waals surface area (Å²) in [4.78, 5) is 30.6. The number of benzene rings is 1. The van der Waals surface area contributed by atoms with Gasteiger partial charge in [-0.1, -0.05) is 0 Å². The Morgan fingerprint density at radius 2 is 2.26 bits per heavy atom. The molecule has 0 spiro atoms. The van der Waals surface area contributed by atoms with E-state index in [2.05, 4.69) is 10.3 Å². The molecule has 0 radical (unpaired) electrons. The van der Waals surface area contributed by atoms with Crippen LogP contribution < -0.4 is 15.0 Å². The van der Waals surface area contributed by atoms with Gasteiger partial charge in [0.2, 0.25) is 0 Å². The van der Waals surface area contributed by atoms with Crippen LogP contribution in [0.2, 0.25) is 0 Å². The number of carbonyl (C=O) groups is 2. The van der Waals surface area contributed by atoms with Crippen molar-refractivity contribution >= 4 is 23.2 Å². The number of likely N-dealkylation sites (N-methyl/N-ethyl adjacent to an activating group) is 1. The molecular formula is C17H19N3O3. The highest BCUT2D eigenvalue weighted by molar-refractivity contribution is 6.07. The maximum atomic E-state index is 12.7. The molecular weight excluding hydrogens is 294 g/mol. The molecule has 0 aromatic heterocycles. The van der Waals surface area contributed by atoms with Crippen molar-refractivity contribution in [3.8, 4) is 5.75 Å². The van der Waals surface area contributed by atoms with Crippen LogP contribution in [0.5, 0.6) is 5.75 Å². The third kappa shape index (κ3) is 2.20. The number of ether oxygens (including phenoxy) is 1. The molecule has 1 fully saturated rings. The highest BCUT2D eigenvalue weighted by atomic mass is 16.5. The Balaban J connectivity index is 1.65. The molecule has 1 unspecified atom stereocenters. The Morgan fingerprint density at radius 1 is 1.43 bits per heavy atom. The van der Waals surface area contributed by atoms with E-state index in [1.807, 2.05) is 19.1 Å². The summed E-state index contributed by atoms with van der Waals surface area (Å²) in [6.07, 6.45) is 2.04. The van der Waals surface area contributed by atoms with E-state index >= 15 is 0 Å². The van der Waals surface area contributed by atoms with Gasteiger partial charge in [0.05, 0.1) is 17.3 Å². The van der Waals surface area contributed by atoms with Crippen LogP contribution in [0.25, 0.3) is 0 Å². The molecule has 2 amide bonds. The molecule has 0 saturated heterocycles. The van der Waals surface area contributed by atoms with Crippen LogP contribution in [0.15, 0.2) is 17.1 Å². The second-order valence-electron chi connectivity index (χ2n) is 6.48. The van der Waals surface area contributed by atoms with Crippen molar-refractivity contribution in [2.75, 3.05) is 25.1 Å². The van der Waals surface area contributed by atoms with Crippen LogP contribution in [0.4, 0.5) is 5.69 Å². The summed E-state index contributed by atoms with van der Waals surface area (Å²) in [6.45, 7) is 2.75. The van der Waals surface area contributed by atoms with Crippen molar-refractivity contribution in [3.05, 3.63) is 23.3 Å². The van der Waals surface area contributed by atoms with Crippen molar-refractivity contribution in [3.63, 3.8) is 0 Å². The van der Waals surface area contributed by atoms with E-state index < -0.39 is 0 Å². The van der Waals surface area contributed by atoms with Crippen molar-refractivity contribution in [2.45, 2.75) is 25.8 Å². The first-order valence-corrected chi connectivity index (χ1v) is 7.92. The van der Waals surface area contributed by atoms with Crippen LogP contribution in [0.3, 0.4) is 0 Å². The van der Waals surface area contributed by atoms with Crippen molar-refractivity contribution in [1.29, 1.82) is 0 Å². The second kappa shape index (κ2) is 5.08. The van der Waals surface area contributed by atoms with Gasteiger partial charge in [-0.05, 0) is 43.4 Å². The Bertz CT molecular complexity index is 741. The standard InChI is InChI=1S/C17H19N3O3/c1-9-5-11(16-13(6-9)20(2)14(21)8-23-16)17(22)19-15-10-3-4-18-12(15)7-10/h5-6,10,15H,3-4,7-8H2,1-2H3,(H,19,22)/t10?,15-/m0/s1. The van der Waals surface area contributed by atoms with E-state index in [-0.39, 0.29) is 24.5 Å². The molecule has 4 rings (SSSR count). The van der Waals surface area contributed by atoms with Crippen molar-refractivity contribution in [1.82, 2.24) is 5.32 Å². The van der Waals surface area contributed by atoms with E-state index in [1.165, 1.54) is 0 Å². The molecule has 120 valence electrons. The molecule has 1 aliphatic carbocycles. The highest BCUT2D eigenvalue weighted by Crippen LogP contribution is 2.37. The molecule has 6 heteroatoms. The fraction of sp³-hybridized carbons (Fsp3) is 0.471. The highest BCUT2D eigenvalue weighted by Gasteiger charge is 2.41. The van der Waals surface area contributed by atoms with Crippen LogP contribution in [0, 0.1) is 12.8 Å². The van der Waals surface area contributed by atoms with Crippen LogP contribution in [0.1, 0.15) is 28.8 Å². The summed E-state index contributed by atoms with van der Waals surface area (Å²) < 4.78 is 5.56. The fourth-order valence-corrected chi connectivity index (χ4v) is 3.54. The normalized spacial score (nSPS) is 25.0. The van der Waals surface area contributed by atoms with Gasteiger partial charge >= 0.3 is 0 Å². The topological polar surface area (TPSA) is 71.0 Å². The lowest BCUT2D eigenvalue weighted by atomic mass is 9.73. The lowest BCUT2D eigenvalue weighted by Crippen LogP contribution is -2.56.